The van der Waals surface area contributed by atoms with Crippen LogP contribution in [0.2, 0.25) is 0 Å². The molecule has 3 heterocycles. The maximum absolute atomic E-state index is 13.6. The summed E-state index contributed by atoms with van der Waals surface area (Å²) in [6.07, 6.45) is 3.49. The van der Waals surface area contributed by atoms with E-state index in [4.69, 9.17) is 4.74 Å². The van der Waals surface area contributed by atoms with Gasteiger partial charge in [0.2, 0.25) is 5.91 Å². The Kier molecular flexibility index (Phi) is 8.27. The zero-order chi connectivity index (χ0) is 28.3. The Morgan fingerprint density at radius 3 is 2.74 bits per heavy atom. The van der Waals surface area contributed by atoms with Crippen molar-refractivity contribution in [2.75, 3.05) is 32.1 Å². The van der Waals surface area contributed by atoms with Crippen molar-refractivity contribution in [2.24, 2.45) is 13.0 Å². The van der Waals surface area contributed by atoms with Crippen molar-refractivity contribution < 1.29 is 27.9 Å². The first-order valence-electron chi connectivity index (χ1n) is 12.2. The number of nitrogens with one attached hydrogen (secondary N) is 1. The molecule has 4 rings (SSSR count). The minimum Gasteiger partial charge on any atom is -0.488 e. The molecular formula is C23H31N9O6S. The van der Waals surface area contributed by atoms with Gasteiger partial charge in [-0.05, 0) is 35.5 Å². The van der Waals surface area contributed by atoms with Crippen molar-refractivity contribution >= 4 is 27.5 Å². The fourth-order valence-corrected chi connectivity index (χ4v) is 5.29. The van der Waals surface area contributed by atoms with Gasteiger partial charge in [0.25, 0.3) is 15.9 Å². The van der Waals surface area contributed by atoms with Crippen LogP contribution < -0.4 is 10.1 Å². The van der Waals surface area contributed by atoms with Crippen LogP contribution in [0.15, 0.2) is 42.1 Å². The van der Waals surface area contributed by atoms with E-state index in [0.717, 1.165) is 0 Å². The number of imidazole rings is 1. The number of tetrazole rings is 1. The molecule has 3 atom stereocenters. The Bertz CT molecular complexity index is 1430. The zero-order valence-corrected chi connectivity index (χ0v) is 22.8. The molecule has 3 aromatic rings. The van der Waals surface area contributed by atoms with Crippen molar-refractivity contribution in [3.8, 4) is 5.75 Å². The number of aliphatic hydroxyl groups excluding tert-OH is 1. The van der Waals surface area contributed by atoms with Gasteiger partial charge < -0.3 is 24.6 Å². The average molecular weight is 562 g/mol. The van der Waals surface area contributed by atoms with Gasteiger partial charge in [0, 0.05) is 38.4 Å². The predicted octanol–water partition coefficient (Wildman–Crippen LogP) is -0.414. The predicted molar refractivity (Wildman–Crippen MR) is 137 cm³/mol. The number of sulfonamides is 1. The summed E-state index contributed by atoms with van der Waals surface area (Å²) in [6, 6.07) is 4.12. The Balaban J connectivity index is 1.62. The molecule has 2 N–H and O–H groups in total. The molecule has 210 valence electrons. The third-order valence-electron chi connectivity index (χ3n) is 6.44. The van der Waals surface area contributed by atoms with Crippen molar-refractivity contribution in [1.82, 2.24) is 39.0 Å². The first-order chi connectivity index (χ1) is 18.5. The van der Waals surface area contributed by atoms with E-state index in [2.05, 4.69) is 25.8 Å². The van der Waals surface area contributed by atoms with Crippen LogP contribution in [-0.2, 0) is 28.4 Å². The second-order valence-electron chi connectivity index (χ2n) is 9.55. The van der Waals surface area contributed by atoms with Crippen LogP contribution in [-0.4, -0.2) is 103 Å². The number of aliphatic hydroxyl groups is 1. The number of likely N-dealkylation sites (N-methyl/N-ethyl adjacent to an activating group) is 1. The number of fused-ring (bicyclic) bond motifs is 1. The summed E-state index contributed by atoms with van der Waals surface area (Å²) in [5.41, 5.74) is 0.517. The molecule has 1 aromatic carbocycles. The van der Waals surface area contributed by atoms with Gasteiger partial charge in [0.1, 0.15) is 24.7 Å². The molecule has 15 nitrogen and oxygen atoms in total. The molecule has 2 amide bonds. The third kappa shape index (κ3) is 6.23. The Morgan fingerprint density at radius 1 is 1.33 bits per heavy atom. The molecule has 1 aliphatic rings. The monoisotopic (exact) mass is 561 g/mol. The lowest BCUT2D eigenvalue weighted by molar-refractivity contribution is -0.116. The molecule has 0 saturated carbocycles. The van der Waals surface area contributed by atoms with E-state index in [-0.39, 0.29) is 54.4 Å². The summed E-state index contributed by atoms with van der Waals surface area (Å²) in [6.45, 7) is 3.37. The molecule has 0 saturated heterocycles. The van der Waals surface area contributed by atoms with Gasteiger partial charge in [0.05, 0.1) is 31.1 Å². The summed E-state index contributed by atoms with van der Waals surface area (Å²) >= 11 is 0. The fourth-order valence-electron chi connectivity index (χ4n) is 4.15. The normalized spacial score (nSPS) is 18.7. The summed E-state index contributed by atoms with van der Waals surface area (Å²) in [5.74, 6) is -0.861. The van der Waals surface area contributed by atoms with Crippen LogP contribution in [0.5, 0.6) is 5.75 Å². The quantitative estimate of drug-likeness (QED) is 0.349. The van der Waals surface area contributed by atoms with E-state index in [1.54, 1.807) is 30.7 Å². The number of carbonyl (C=O) groups excluding carboxylic acids is 2. The number of benzene rings is 1. The number of hydrogen-bond acceptors (Lipinski definition) is 10. The average Bonchev–Trinajstić information content (AvgIpc) is 3.57. The van der Waals surface area contributed by atoms with Crippen LogP contribution >= 0.6 is 0 Å². The van der Waals surface area contributed by atoms with E-state index >= 15 is 0 Å². The molecule has 0 fully saturated rings. The van der Waals surface area contributed by atoms with Gasteiger partial charge in [-0.15, -0.1) is 5.10 Å². The van der Waals surface area contributed by atoms with E-state index in [1.165, 1.54) is 45.9 Å². The number of ether oxygens (including phenoxy) is 1. The van der Waals surface area contributed by atoms with E-state index in [1.807, 2.05) is 6.92 Å². The van der Waals surface area contributed by atoms with Gasteiger partial charge in [-0.2, -0.15) is 4.31 Å². The van der Waals surface area contributed by atoms with Crippen LogP contribution in [0.1, 0.15) is 24.2 Å². The van der Waals surface area contributed by atoms with Crippen LogP contribution in [0.4, 0.5) is 5.69 Å². The Labute approximate surface area is 225 Å². The lowest BCUT2D eigenvalue weighted by Crippen LogP contribution is -2.50. The molecule has 0 radical (unpaired) electrons. The van der Waals surface area contributed by atoms with Gasteiger partial charge in [0.15, 0.2) is 5.03 Å². The largest absolute Gasteiger partial charge is 0.488 e. The van der Waals surface area contributed by atoms with E-state index < -0.39 is 28.1 Å². The maximum Gasteiger partial charge on any atom is 0.261 e. The van der Waals surface area contributed by atoms with Crippen LogP contribution in [0, 0.1) is 5.92 Å². The van der Waals surface area contributed by atoms with Crippen molar-refractivity contribution in [3.05, 3.63) is 42.6 Å². The highest BCUT2D eigenvalue weighted by Crippen LogP contribution is 2.31. The first kappa shape index (κ1) is 28.1. The van der Waals surface area contributed by atoms with Crippen molar-refractivity contribution in [2.45, 2.75) is 37.6 Å². The number of amides is 2. The molecule has 0 spiro atoms. The highest BCUT2D eigenvalue weighted by Gasteiger charge is 2.35. The summed E-state index contributed by atoms with van der Waals surface area (Å²) < 4.78 is 36.4. The topological polar surface area (TPSA) is 178 Å². The number of nitrogens with zero attached hydrogens (tertiary/aromatic N) is 8. The third-order valence-corrected chi connectivity index (χ3v) is 8.15. The molecule has 2 aromatic heterocycles. The molecule has 0 unspecified atom stereocenters. The highest BCUT2D eigenvalue weighted by molar-refractivity contribution is 7.89. The van der Waals surface area contributed by atoms with E-state index in [0.29, 0.717) is 5.69 Å². The standard InChI is InChI=1S/C23H31N9O6S/c1-15-8-32(16(2)12-33)23(35)18-7-17(26-21(34)10-31-14-25-27-28-31)5-6-19(18)38-20(15)9-30(4)39(36,37)22-11-29(3)13-24-22/h5-7,11,13-16,20,33H,8-10,12H2,1-4H3,(H,26,34)/t15-,16+,20+/m1/s1. The smallest absolute Gasteiger partial charge is 0.261 e. The minimum absolute atomic E-state index is 0.0144. The molecule has 0 bridgehead atoms. The number of carbonyl (C=O) groups is 2. The summed E-state index contributed by atoms with van der Waals surface area (Å²) in [7, 11) is -0.762. The van der Waals surface area contributed by atoms with Gasteiger partial charge in [-0.1, -0.05) is 6.92 Å². The van der Waals surface area contributed by atoms with Crippen LogP contribution in [0.3, 0.4) is 0 Å². The Morgan fingerprint density at radius 2 is 2.10 bits per heavy atom. The van der Waals surface area contributed by atoms with Crippen LogP contribution in [0.25, 0.3) is 0 Å². The molecule has 1 aliphatic heterocycles. The number of rotatable bonds is 9. The molecule has 39 heavy (non-hydrogen) atoms. The Hall–Kier alpha value is -3.89. The molecule has 0 aliphatic carbocycles. The second kappa shape index (κ2) is 11.5. The SMILES string of the molecule is C[C@@H]1CN([C@@H](C)CO)C(=O)c2cc(NC(=O)Cn3cnnn3)ccc2O[C@H]1CN(C)S(=O)(=O)c1cn(C)cn1. The van der Waals surface area contributed by atoms with E-state index in [9.17, 15) is 23.1 Å². The molecule has 16 heteroatoms. The lowest BCUT2D eigenvalue weighted by Gasteiger charge is -2.38. The van der Waals surface area contributed by atoms with Crippen molar-refractivity contribution in [3.63, 3.8) is 0 Å². The zero-order valence-electron chi connectivity index (χ0n) is 22.0. The first-order valence-corrected chi connectivity index (χ1v) is 13.6. The summed E-state index contributed by atoms with van der Waals surface area (Å²) in [5, 5.41) is 23.1. The maximum atomic E-state index is 13.6. The second-order valence-corrected chi connectivity index (χ2v) is 11.5. The number of anilines is 1. The highest BCUT2D eigenvalue weighted by atomic mass is 32.2. The number of hydrogen-bond donors (Lipinski definition) is 2. The number of aromatic nitrogens is 6. The van der Waals surface area contributed by atoms with Gasteiger partial charge >= 0.3 is 0 Å². The van der Waals surface area contributed by atoms with Gasteiger partial charge in [-0.25, -0.2) is 18.1 Å². The minimum atomic E-state index is -3.89. The summed E-state index contributed by atoms with van der Waals surface area (Å²) in [4.78, 5) is 31.5. The molecular weight excluding hydrogens is 530 g/mol. The van der Waals surface area contributed by atoms with Gasteiger partial charge in [-0.3, -0.25) is 9.59 Å². The van der Waals surface area contributed by atoms with Crippen molar-refractivity contribution in [1.29, 1.82) is 0 Å². The number of aryl methyl sites for hydroxylation is 1. The lowest BCUT2D eigenvalue weighted by atomic mass is 9.99. The fraction of sp³-hybridized carbons (Fsp3) is 0.478.